The SMILES string of the molecule is Cc1nc(OCc2ncco2)cnc1C(=O)Nc1cc(F)c(F)c([C@@]2(C)N=C(N)S[C@@]3(C(F)F)C=C23)c1. The summed E-state index contributed by atoms with van der Waals surface area (Å²) in [6.45, 7) is 2.88. The summed E-state index contributed by atoms with van der Waals surface area (Å²) in [5.74, 6) is -2.92. The molecule has 0 radical (unpaired) electrons. The van der Waals surface area contributed by atoms with Crippen LogP contribution in [0.15, 0.2) is 51.8 Å². The van der Waals surface area contributed by atoms with Crippen molar-refractivity contribution in [1.82, 2.24) is 15.0 Å². The van der Waals surface area contributed by atoms with Gasteiger partial charge in [0.2, 0.25) is 11.8 Å². The first-order chi connectivity index (χ1) is 17.5. The van der Waals surface area contributed by atoms with E-state index in [9.17, 15) is 22.4 Å². The van der Waals surface area contributed by atoms with E-state index in [0.29, 0.717) is 17.7 Å². The van der Waals surface area contributed by atoms with Crippen LogP contribution < -0.4 is 15.8 Å². The lowest BCUT2D eigenvalue weighted by Gasteiger charge is -2.33. The van der Waals surface area contributed by atoms with Crippen molar-refractivity contribution in [1.29, 1.82) is 0 Å². The van der Waals surface area contributed by atoms with Crippen molar-refractivity contribution < 1.29 is 31.5 Å². The van der Waals surface area contributed by atoms with Crippen molar-refractivity contribution >= 4 is 28.5 Å². The molecule has 1 aliphatic heterocycles. The van der Waals surface area contributed by atoms with Crippen molar-refractivity contribution in [2.24, 2.45) is 10.7 Å². The van der Waals surface area contributed by atoms with E-state index >= 15 is 0 Å². The minimum Gasteiger partial charge on any atom is -0.467 e. The zero-order chi connectivity index (χ0) is 26.5. The van der Waals surface area contributed by atoms with Crippen LogP contribution in [-0.4, -0.2) is 37.2 Å². The van der Waals surface area contributed by atoms with Crippen LogP contribution in [0.25, 0.3) is 0 Å². The van der Waals surface area contributed by atoms with Gasteiger partial charge >= 0.3 is 0 Å². The highest BCUT2D eigenvalue weighted by atomic mass is 32.2. The summed E-state index contributed by atoms with van der Waals surface area (Å²) >= 11 is 0.660. The summed E-state index contributed by atoms with van der Waals surface area (Å²) in [6, 6.07) is 1.90. The molecule has 0 spiro atoms. The van der Waals surface area contributed by atoms with Crippen LogP contribution >= 0.6 is 11.8 Å². The Hall–Kier alpha value is -3.94. The number of carbonyl (C=O) groups is 1. The molecule has 3 heterocycles. The number of nitrogens with one attached hydrogen (secondary N) is 1. The Balaban J connectivity index is 1.39. The maximum absolute atomic E-state index is 14.9. The van der Waals surface area contributed by atoms with Gasteiger partial charge in [0.15, 0.2) is 23.4 Å². The molecular formula is C23H18F4N6O3S. The lowest BCUT2D eigenvalue weighted by Crippen LogP contribution is -2.38. The van der Waals surface area contributed by atoms with E-state index in [0.717, 1.165) is 12.1 Å². The molecule has 1 amide bonds. The molecule has 14 heteroatoms. The van der Waals surface area contributed by atoms with Gasteiger partial charge in [-0.2, -0.15) is 0 Å². The molecule has 192 valence electrons. The highest BCUT2D eigenvalue weighted by Crippen LogP contribution is 2.62. The zero-order valence-electron chi connectivity index (χ0n) is 19.3. The average molecular weight is 534 g/mol. The molecule has 3 N–H and O–H groups in total. The Morgan fingerprint density at radius 1 is 1.30 bits per heavy atom. The fourth-order valence-corrected chi connectivity index (χ4v) is 5.26. The topological polar surface area (TPSA) is 129 Å². The molecule has 2 atom stereocenters. The number of amides is 1. The summed E-state index contributed by atoms with van der Waals surface area (Å²) in [5, 5.41) is 2.25. The van der Waals surface area contributed by atoms with Crippen LogP contribution in [0, 0.1) is 18.6 Å². The first-order valence-electron chi connectivity index (χ1n) is 10.8. The van der Waals surface area contributed by atoms with Crippen LogP contribution in [0.3, 0.4) is 0 Å². The van der Waals surface area contributed by atoms with Gasteiger partial charge in [0.25, 0.3) is 12.3 Å². The molecule has 0 unspecified atom stereocenters. The quantitative estimate of drug-likeness (QED) is 0.343. The molecule has 0 saturated heterocycles. The number of benzene rings is 1. The third-order valence-corrected chi connectivity index (χ3v) is 7.08. The maximum atomic E-state index is 14.9. The van der Waals surface area contributed by atoms with Gasteiger partial charge in [0.05, 0.1) is 18.1 Å². The number of aliphatic imine (C=N–C) groups is 1. The number of thioether (sulfide) groups is 1. The molecule has 37 heavy (non-hydrogen) atoms. The molecule has 2 aliphatic rings. The molecule has 5 rings (SSSR count). The van der Waals surface area contributed by atoms with Gasteiger partial charge in [-0.1, -0.05) is 17.8 Å². The monoisotopic (exact) mass is 534 g/mol. The summed E-state index contributed by atoms with van der Waals surface area (Å²) in [5.41, 5.74) is 3.81. The molecule has 0 fully saturated rings. The number of hydrogen-bond acceptors (Lipinski definition) is 9. The van der Waals surface area contributed by atoms with Crippen molar-refractivity contribution in [2.75, 3.05) is 5.32 Å². The van der Waals surface area contributed by atoms with Crippen LogP contribution in [0.2, 0.25) is 0 Å². The van der Waals surface area contributed by atoms with Gasteiger partial charge in [-0.05, 0) is 25.5 Å². The maximum Gasteiger partial charge on any atom is 0.276 e. The third kappa shape index (κ3) is 4.30. The number of amidine groups is 1. The summed E-state index contributed by atoms with van der Waals surface area (Å²) < 4.78 is 65.8. The number of fused-ring (bicyclic) bond motifs is 1. The van der Waals surface area contributed by atoms with E-state index in [4.69, 9.17) is 14.9 Å². The Morgan fingerprint density at radius 2 is 2.08 bits per heavy atom. The van der Waals surface area contributed by atoms with Crippen LogP contribution in [0.5, 0.6) is 5.88 Å². The Kier molecular flexibility index (Phi) is 5.93. The molecule has 0 saturated carbocycles. The van der Waals surface area contributed by atoms with Gasteiger partial charge in [-0.15, -0.1) is 0 Å². The van der Waals surface area contributed by atoms with Gasteiger partial charge in [-0.25, -0.2) is 37.5 Å². The second kappa shape index (κ2) is 8.87. The number of oxazole rings is 1. The second-order valence-electron chi connectivity index (χ2n) is 8.41. The van der Waals surface area contributed by atoms with E-state index in [-0.39, 0.29) is 45.9 Å². The number of carbonyl (C=O) groups excluding carboxylic acids is 1. The van der Waals surface area contributed by atoms with Crippen molar-refractivity contribution in [3.8, 4) is 5.88 Å². The highest BCUT2D eigenvalue weighted by Gasteiger charge is 2.63. The summed E-state index contributed by atoms with van der Waals surface area (Å²) in [4.78, 5) is 29.1. The normalized spacial score (nSPS) is 22.2. The van der Waals surface area contributed by atoms with Crippen molar-refractivity contribution in [3.63, 3.8) is 0 Å². The fourth-order valence-electron chi connectivity index (χ4n) is 4.11. The Morgan fingerprint density at radius 3 is 2.76 bits per heavy atom. The second-order valence-corrected chi connectivity index (χ2v) is 9.70. The van der Waals surface area contributed by atoms with E-state index in [1.165, 1.54) is 38.6 Å². The van der Waals surface area contributed by atoms with E-state index < -0.39 is 34.3 Å². The van der Waals surface area contributed by atoms with Crippen LogP contribution in [0.1, 0.15) is 34.6 Å². The number of halogens is 4. The Bertz CT molecular complexity index is 1460. The minimum absolute atomic E-state index is 0.00214. The molecule has 9 nitrogen and oxygen atoms in total. The standard InChI is InChI=1S/C23H18F4N6O3S/c1-10-18(30-8-15(31-10)36-9-16-29-3-4-35-16)19(34)32-11-5-12(17(25)13(24)6-11)22(2)14-7-23(14,20(26)27)37-21(28)33-22/h3-8,20H,9H2,1-2H3,(H2,28,33)(H,32,34)/t22-,23+/m1/s1. The number of nitrogens with zero attached hydrogens (tertiary/aromatic N) is 4. The lowest BCUT2D eigenvalue weighted by molar-refractivity contribution is 0.102. The number of rotatable bonds is 7. The minimum atomic E-state index is -2.82. The van der Waals surface area contributed by atoms with Gasteiger partial charge in [0, 0.05) is 17.3 Å². The third-order valence-electron chi connectivity index (χ3n) is 5.93. The fraction of sp³-hybridized carbons (Fsp3) is 0.261. The molecule has 0 bridgehead atoms. The number of alkyl halides is 2. The summed E-state index contributed by atoms with van der Waals surface area (Å²) in [7, 11) is 0. The number of ether oxygens (including phenoxy) is 1. The largest absolute Gasteiger partial charge is 0.467 e. The lowest BCUT2D eigenvalue weighted by atomic mass is 9.86. The van der Waals surface area contributed by atoms with Gasteiger partial charge in [0.1, 0.15) is 22.2 Å². The number of aryl methyl sites for hydroxylation is 1. The predicted octanol–water partition coefficient (Wildman–Crippen LogP) is 4.10. The molecule has 3 aromatic rings. The first kappa shape index (κ1) is 24.7. The van der Waals surface area contributed by atoms with Crippen LogP contribution in [0.4, 0.5) is 23.2 Å². The predicted molar refractivity (Wildman–Crippen MR) is 125 cm³/mol. The molecule has 1 aromatic carbocycles. The zero-order valence-corrected chi connectivity index (χ0v) is 20.1. The average Bonchev–Trinajstić information content (AvgIpc) is 3.37. The van der Waals surface area contributed by atoms with Gasteiger partial charge in [-0.3, -0.25) is 4.79 Å². The number of hydrogen-bond donors (Lipinski definition) is 2. The number of anilines is 1. The van der Waals surface area contributed by atoms with Gasteiger partial charge < -0.3 is 20.2 Å². The van der Waals surface area contributed by atoms with E-state index in [1.807, 2.05) is 0 Å². The van der Waals surface area contributed by atoms with E-state index in [2.05, 4.69) is 25.3 Å². The number of aromatic nitrogens is 3. The van der Waals surface area contributed by atoms with Crippen molar-refractivity contribution in [2.45, 2.75) is 37.2 Å². The smallest absolute Gasteiger partial charge is 0.276 e. The first-order valence-corrected chi connectivity index (χ1v) is 11.6. The Labute approximate surface area is 211 Å². The van der Waals surface area contributed by atoms with E-state index in [1.54, 1.807) is 0 Å². The number of nitrogens with two attached hydrogens (primary N) is 1. The molecule has 1 aliphatic carbocycles. The van der Waals surface area contributed by atoms with Crippen LogP contribution in [-0.2, 0) is 12.1 Å². The van der Waals surface area contributed by atoms with Crippen molar-refractivity contribution in [3.05, 3.63) is 76.9 Å². The molecule has 2 aromatic heterocycles. The highest BCUT2D eigenvalue weighted by molar-refractivity contribution is 8.15. The molecular weight excluding hydrogens is 516 g/mol. The summed E-state index contributed by atoms with van der Waals surface area (Å²) in [6.07, 6.45) is 2.49.